The highest BCUT2D eigenvalue weighted by Crippen LogP contribution is 2.39. The van der Waals surface area contributed by atoms with Crippen LogP contribution in [0.2, 0.25) is 0 Å². The molecule has 1 N–H and O–H groups in total. The fourth-order valence-corrected chi connectivity index (χ4v) is 3.91. The van der Waals surface area contributed by atoms with Crippen molar-refractivity contribution in [3.8, 4) is 5.75 Å². The molecule has 0 radical (unpaired) electrons. The Balaban J connectivity index is 2.16. The summed E-state index contributed by atoms with van der Waals surface area (Å²) in [5.41, 5.74) is 0. The minimum atomic E-state index is -0.929. The van der Waals surface area contributed by atoms with Gasteiger partial charge in [0.25, 0.3) is 5.91 Å². The van der Waals surface area contributed by atoms with E-state index in [2.05, 4.69) is 15.9 Å². The van der Waals surface area contributed by atoms with Crippen molar-refractivity contribution in [1.29, 1.82) is 0 Å². The Morgan fingerprint density at radius 3 is 2.90 bits per heavy atom. The summed E-state index contributed by atoms with van der Waals surface area (Å²) in [6, 6.07) is 0. The Morgan fingerprint density at radius 2 is 2.29 bits per heavy atom. The summed E-state index contributed by atoms with van der Waals surface area (Å²) in [5.74, 6) is -0.547. The number of hydrogen-bond acceptors (Lipinski definition) is 5. The van der Waals surface area contributed by atoms with Crippen molar-refractivity contribution < 1.29 is 24.2 Å². The Morgan fingerprint density at radius 1 is 1.57 bits per heavy atom. The topological polar surface area (TPSA) is 76.1 Å². The van der Waals surface area contributed by atoms with Crippen molar-refractivity contribution >= 4 is 39.1 Å². The van der Waals surface area contributed by atoms with Gasteiger partial charge in [0.2, 0.25) is 0 Å². The number of rotatable bonds is 4. The molecule has 2 rings (SSSR count). The lowest BCUT2D eigenvalue weighted by molar-refractivity contribution is -0.141. The first-order valence-electron chi connectivity index (χ1n) is 6.39. The maximum absolute atomic E-state index is 12.6. The molecular weight excluding hydrogens is 362 g/mol. The highest BCUT2D eigenvalue weighted by Gasteiger charge is 2.30. The second-order valence-corrected chi connectivity index (χ2v) is 6.69. The number of carbonyl (C=O) groups is 2. The standard InChI is InChI=1S/C13H16BrNO5S/c1-7-10(14)11(19-2)12(21-7)13(18)15-3-4-20-8(6-15)5-9(16)17/h8H,3-6H2,1-2H3,(H,16,17). The number of thiophene rings is 1. The number of ether oxygens (including phenoxy) is 2. The number of morpholine rings is 1. The highest BCUT2D eigenvalue weighted by atomic mass is 79.9. The number of nitrogens with zero attached hydrogens (tertiary/aromatic N) is 1. The van der Waals surface area contributed by atoms with Gasteiger partial charge in [0, 0.05) is 18.0 Å². The number of hydrogen-bond donors (Lipinski definition) is 1. The first-order valence-corrected chi connectivity index (χ1v) is 8.00. The van der Waals surface area contributed by atoms with Gasteiger partial charge in [-0.25, -0.2) is 0 Å². The van der Waals surface area contributed by atoms with Gasteiger partial charge in [0.1, 0.15) is 4.88 Å². The summed E-state index contributed by atoms with van der Waals surface area (Å²) in [6.07, 6.45) is -0.565. The van der Waals surface area contributed by atoms with Gasteiger partial charge in [0.15, 0.2) is 5.75 Å². The SMILES string of the molecule is COc1c(C(=O)N2CCOC(CC(=O)O)C2)sc(C)c1Br. The van der Waals surface area contributed by atoms with E-state index in [1.54, 1.807) is 4.90 Å². The van der Waals surface area contributed by atoms with Crippen molar-refractivity contribution in [1.82, 2.24) is 4.90 Å². The third-order valence-corrected chi connectivity index (χ3v) is 5.49. The molecule has 116 valence electrons. The van der Waals surface area contributed by atoms with Crippen LogP contribution in [0.4, 0.5) is 0 Å². The molecule has 0 saturated carbocycles. The summed E-state index contributed by atoms with van der Waals surface area (Å²) < 4.78 is 11.5. The first-order chi connectivity index (χ1) is 9.93. The van der Waals surface area contributed by atoms with E-state index < -0.39 is 12.1 Å². The van der Waals surface area contributed by atoms with E-state index in [0.717, 1.165) is 9.35 Å². The number of carbonyl (C=O) groups excluding carboxylic acids is 1. The molecule has 1 aromatic rings. The molecule has 0 bridgehead atoms. The molecule has 1 atom stereocenters. The summed E-state index contributed by atoms with van der Waals surface area (Å²) in [6.45, 7) is 2.98. The minimum absolute atomic E-state index is 0.103. The molecule has 1 aromatic heterocycles. The van der Waals surface area contributed by atoms with Crippen LogP contribution in [0.5, 0.6) is 5.75 Å². The Kier molecular flexibility index (Phi) is 5.23. The Labute approximate surface area is 134 Å². The molecule has 21 heavy (non-hydrogen) atoms. The average molecular weight is 378 g/mol. The molecule has 1 unspecified atom stereocenters. The van der Waals surface area contributed by atoms with E-state index in [9.17, 15) is 9.59 Å². The third kappa shape index (κ3) is 3.56. The van der Waals surface area contributed by atoms with Crippen LogP contribution in [-0.4, -0.2) is 54.8 Å². The lowest BCUT2D eigenvalue weighted by Crippen LogP contribution is -2.46. The van der Waals surface area contributed by atoms with Crippen molar-refractivity contribution in [2.45, 2.75) is 19.4 Å². The van der Waals surface area contributed by atoms with Crippen LogP contribution >= 0.6 is 27.3 Å². The maximum Gasteiger partial charge on any atom is 0.306 e. The van der Waals surface area contributed by atoms with E-state index in [4.69, 9.17) is 14.6 Å². The molecule has 1 amide bonds. The van der Waals surface area contributed by atoms with Crippen LogP contribution < -0.4 is 4.74 Å². The zero-order valence-electron chi connectivity index (χ0n) is 11.7. The van der Waals surface area contributed by atoms with Gasteiger partial charge >= 0.3 is 5.97 Å². The number of carboxylic acids is 1. The smallest absolute Gasteiger partial charge is 0.306 e. The molecular formula is C13H16BrNO5S. The molecule has 0 aliphatic carbocycles. The number of carboxylic acid groups (broad SMARTS) is 1. The van der Waals surface area contributed by atoms with Crippen LogP contribution in [0, 0.1) is 6.92 Å². The zero-order chi connectivity index (χ0) is 15.6. The van der Waals surface area contributed by atoms with Gasteiger partial charge < -0.3 is 19.5 Å². The summed E-state index contributed by atoms with van der Waals surface area (Å²) in [4.78, 5) is 26.5. The number of halogens is 1. The van der Waals surface area contributed by atoms with Gasteiger partial charge in [-0.3, -0.25) is 9.59 Å². The van der Waals surface area contributed by atoms with E-state index in [-0.39, 0.29) is 18.9 Å². The fraction of sp³-hybridized carbons (Fsp3) is 0.538. The van der Waals surface area contributed by atoms with Crippen molar-refractivity contribution in [3.05, 3.63) is 14.2 Å². The second-order valence-electron chi connectivity index (χ2n) is 4.68. The first kappa shape index (κ1) is 16.3. The van der Waals surface area contributed by atoms with Crippen LogP contribution in [0.3, 0.4) is 0 Å². The normalized spacial score (nSPS) is 18.6. The van der Waals surface area contributed by atoms with Gasteiger partial charge in [-0.2, -0.15) is 0 Å². The fourth-order valence-electron chi connectivity index (χ4n) is 2.19. The van der Waals surface area contributed by atoms with E-state index in [1.807, 2.05) is 6.92 Å². The van der Waals surface area contributed by atoms with Gasteiger partial charge in [0.05, 0.1) is 30.7 Å². The largest absolute Gasteiger partial charge is 0.494 e. The number of aryl methyl sites for hydroxylation is 1. The number of amides is 1. The summed E-state index contributed by atoms with van der Waals surface area (Å²) in [5, 5.41) is 8.82. The monoisotopic (exact) mass is 377 g/mol. The minimum Gasteiger partial charge on any atom is -0.494 e. The number of aliphatic carboxylic acids is 1. The maximum atomic E-state index is 12.6. The predicted molar refractivity (Wildman–Crippen MR) is 81.2 cm³/mol. The Bertz CT molecular complexity index is 559. The predicted octanol–water partition coefficient (Wildman–Crippen LogP) is 2.14. The molecule has 0 aromatic carbocycles. The number of methoxy groups -OCH3 is 1. The molecule has 6 nitrogen and oxygen atoms in total. The molecule has 1 fully saturated rings. The second kappa shape index (κ2) is 6.76. The molecule has 2 heterocycles. The molecule has 1 saturated heterocycles. The van der Waals surface area contributed by atoms with Crippen molar-refractivity contribution in [3.63, 3.8) is 0 Å². The Hall–Kier alpha value is -1.12. The van der Waals surface area contributed by atoms with Crippen LogP contribution in [0.1, 0.15) is 21.0 Å². The molecule has 8 heteroatoms. The van der Waals surface area contributed by atoms with Crippen molar-refractivity contribution in [2.75, 3.05) is 26.8 Å². The van der Waals surface area contributed by atoms with E-state index in [1.165, 1.54) is 18.4 Å². The zero-order valence-corrected chi connectivity index (χ0v) is 14.1. The lowest BCUT2D eigenvalue weighted by Gasteiger charge is -2.32. The lowest BCUT2D eigenvalue weighted by atomic mass is 10.2. The quantitative estimate of drug-likeness (QED) is 0.869. The van der Waals surface area contributed by atoms with Crippen molar-refractivity contribution in [2.24, 2.45) is 0 Å². The highest BCUT2D eigenvalue weighted by molar-refractivity contribution is 9.10. The summed E-state index contributed by atoms with van der Waals surface area (Å²) in [7, 11) is 1.52. The summed E-state index contributed by atoms with van der Waals surface area (Å²) >= 11 is 4.77. The van der Waals surface area contributed by atoms with E-state index in [0.29, 0.717) is 23.8 Å². The van der Waals surface area contributed by atoms with Gasteiger partial charge in [-0.15, -0.1) is 11.3 Å². The molecule has 0 spiro atoms. The average Bonchev–Trinajstić information content (AvgIpc) is 2.73. The molecule has 1 aliphatic rings. The van der Waals surface area contributed by atoms with Crippen LogP contribution in [0.25, 0.3) is 0 Å². The third-order valence-electron chi connectivity index (χ3n) is 3.20. The van der Waals surface area contributed by atoms with Crippen LogP contribution in [0.15, 0.2) is 4.47 Å². The van der Waals surface area contributed by atoms with Crippen LogP contribution in [-0.2, 0) is 9.53 Å². The van der Waals surface area contributed by atoms with Gasteiger partial charge in [-0.1, -0.05) is 0 Å². The molecule has 1 aliphatic heterocycles. The van der Waals surface area contributed by atoms with Gasteiger partial charge in [-0.05, 0) is 22.9 Å². The van der Waals surface area contributed by atoms with E-state index >= 15 is 0 Å².